The van der Waals surface area contributed by atoms with Crippen molar-refractivity contribution < 1.29 is 19.4 Å². The second-order valence-electron chi connectivity index (χ2n) is 6.32. The molecule has 1 aliphatic rings. The van der Waals surface area contributed by atoms with Crippen molar-refractivity contribution in [2.24, 2.45) is 0 Å². The molecule has 1 atom stereocenters. The van der Waals surface area contributed by atoms with Gasteiger partial charge in [-0.1, -0.05) is 29.8 Å². The van der Waals surface area contributed by atoms with Gasteiger partial charge in [-0.2, -0.15) is 0 Å². The minimum absolute atomic E-state index is 0.427. The maximum absolute atomic E-state index is 11.9. The third-order valence-corrected chi connectivity index (χ3v) is 4.60. The van der Waals surface area contributed by atoms with E-state index < -0.39 is 17.2 Å². The van der Waals surface area contributed by atoms with Gasteiger partial charge >= 0.3 is 5.97 Å². The molecular weight excluding hydrogens is 292 g/mol. The summed E-state index contributed by atoms with van der Waals surface area (Å²) in [6, 6.07) is 7.65. The zero-order chi connectivity index (χ0) is 16.9. The van der Waals surface area contributed by atoms with Crippen molar-refractivity contribution in [3.63, 3.8) is 0 Å². The number of hydrogen-bond acceptors (Lipinski definition) is 3. The Morgan fingerprint density at radius 3 is 2.65 bits per heavy atom. The molecule has 0 aliphatic carbocycles. The molecule has 0 radical (unpaired) electrons. The van der Waals surface area contributed by atoms with Crippen molar-refractivity contribution in [1.82, 2.24) is 0 Å². The Labute approximate surface area is 137 Å². The normalized spacial score (nSPS) is 19.0. The van der Waals surface area contributed by atoms with E-state index in [1.807, 2.05) is 31.2 Å². The third kappa shape index (κ3) is 3.93. The molecule has 0 bridgehead atoms. The molecule has 1 aliphatic heterocycles. The number of ether oxygens (including phenoxy) is 2. The topological polar surface area (TPSA) is 55.8 Å². The number of carbonyl (C=O) groups is 1. The van der Waals surface area contributed by atoms with Gasteiger partial charge in [0.1, 0.15) is 0 Å². The lowest BCUT2D eigenvalue weighted by Crippen LogP contribution is -2.38. The lowest BCUT2D eigenvalue weighted by molar-refractivity contribution is -0.171. The largest absolute Gasteiger partial charge is 0.481 e. The summed E-state index contributed by atoms with van der Waals surface area (Å²) >= 11 is 0. The van der Waals surface area contributed by atoms with Crippen molar-refractivity contribution in [2.45, 2.75) is 50.7 Å². The second-order valence-corrected chi connectivity index (χ2v) is 6.32. The first-order chi connectivity index (χ1) is 10.9. The summed E-state index contributed by atoms with van der Waals surface area (Å²) in [5.74, 6) is 1.02. The van der Waals surface area contributed by atoms with Gasteiger partial charge in [-0.25, -0.2) is 0 Å². The average molecular weight is 316 g/mol. The number of carboxylic acid groups (broad SMARTS) is 1. The van der Waals surface area contributed by atoms with Gasteiger partial charge in [0.15, 0.2) is 5.79 Å². The van der Waals surface area contributed by atoms with Crippen molar-refractivity contribution >= 4 is 5.97 Å². The molecule has 0 amide bonds. The smallest absolute Gasteiger partial charge is 0.313 e. The zero-order valence-corrected chi connectivity index (χ0v) is 13.8. The zero-order valence-electron chi connectivity index (χ0n) is 13.8. The van der Waals surface area contributed by atoms with E-state index in [1.54, 1.807) is 6.92 Å². The van der Waals surface area contributed by atoms with Gasteiger partial charge in [0, 0.05) is 19.3 Å². The fourth-order valence-corrected chi connectivity index (χ4v) is 2.98. The molecule has 1 N–H and O–H groups in total. The first-order valence-electron chi connectivity index (χ1n) is 7.94. The highest BCUT2D eigenvalue weighted by molar-refractivity contribution is 5.80. The molecule has 1 aromatic carbocycles. The van der Waals surface area contributed by atoms with Crippen LogP contribution in [-0.4, -0.2) is 30.1 Å². The van der Waals surface area contributed by atoms with Crippen LogP contribution in [0, 0.1) is 19.3 Å². The van der Waals surface area contributed by atoms with Crippen LogP contribution in [0.3, 0.4) is 0 Å². The average Bonchev–Trinajstić information content (AvgIpc) is 3.00. The van der Waals surface area contributed by atoms with Crippen LogP contribution in [-0.2, 0) is 19.7 Å². The molecule has 124 valence electrons. The van der Waals surface area contributed by atoms with E-state index in [4.69, 9.17) is 15.9 Å². The van der Waals surface area contributed by atoms with Gasteiger partial charge in [-0.05, 0) is 25.8 Å². The van der Waals surface area contributed by atoms with Crippen LogP contribution in [0.5, 0.6) is 0 Å². The van der Waals surface area contributed by atoms with E-state index in [1.165, 1.54) is 0 Å². The minimum atomic E-state index is -0.982. The standard InChI is InChI=1S/C19H24O4/c1-4-5-9-19(22-12-13-23-19)11-10-18(3,17(20)21)16-8-6-7-15(2)14-16/h1,6-8,14H,5,9-13H2,2-3H3,(H,20,21). The highest BCUT2D eigenvalue weighted by Gasteiger charge is 2.42. The van der Waals surface area contributed by atoms with Gasteiger partial charge in [0.25, 0.3) is 0 Å². The summed E-state index contributed by atoms with van der Waals surface area (Å²) in [6.45, 7) is 4.77. The summed E-state index contributed by atoms with van der Waals surface area (Å²) in [5, 5.41) is 9.80. The van der Waals surface area contributed by atoms with Crippen LogP contribution in [0.2, 0.25) is 0 Å². The van der Waals surface area contributed by atoms with Crippen molar-refractivity contribution in [3.8, 4) is 12.3 Å². The highest BCUT2D eigenvalue weighted by Crippen LogP contribution is 2.37. The van der Waals surface area contributed by atoms with Gasteiger partial charge < -0.3 is 14.6 Å². The van der Waals surface area contributed by atoms with E-state index in [2.05, 4.69) is 5.92 Å². The first-order valence-corrected chi connectivity index (χ1v) is 7.94. The summed E-state index contributed by atoms with van der Waals surface area (Å²) in [5.41, 5.74) is 0.866. The van der Waals surface area contributed by atoms with Crippen LogP contribution in [0.1, 0.15) is 43.7 Å². The highest BCUT2D eigenvalue weighted by atomic mass is 16.7. The molecular formula is C19H24O4. The second kappa shape index (κ2) is 7.16. The van der Waals surface area contributed by atoms with E-state index >= 15 is 0 Å². The van der Waals surface area contributed by atoms with Crippen LogP contribution in [0.4, 0.5) is 0 Å². The maximum Gasteiger partial charge on any atom is 0.313 e. The summed E-state index contributed by atoms with van der Waals surface area (Å²) < 4.78 is 11.5. The minimum Gasteiger partial charge on any atom is -0.481 e. The van der Waals surface area contributed by atoms with Gasteiger partial charge in [-0.15, -0.1) is 12.3 Å². The maximum atomic E-state index is 11.9. The molecule has 2 rings (SSSR count). The number of hydrogen-bond donors (Lipinski definition) is 1. The number of terminal acetylenes is 1. The quantitative estimate of drug-likeness (QED) is 0.784. The Bertz CT molecular complexity index is 596. The molecule has 1 heterocycles. The van der Waals surface area contributed by atoms with Crippen LogP contribution < -0.4 is 0 Å². The molecule has 0 saturated carbocycles. The monoisotopic (exact) mass is 316 g/mol. The van der Waals surface area contributed by atoms with Gasteiger partial charge in [0.05, 0.1) is 18.6 Å². The Hall–Kier alpha value is -1.83. The number of carboxylic acids is 1. The lowest BCUT2D eigenvalue weighted by Gasteiger charge is -2.32. The van der Waals surface area contributed by atoms with E-state index in [-0.39, 0.29) is 0 Å². The molecule has 1 unspecified atom stereocenters. The van der Waals surface area contributed by atoms with Crippen LogP contribution in [0.15, 0.2) is 24.3 Å². The molecule has 23 heavy (non-hydrogen) atoms. The fourth-order valence-electron chi connectivity index (χ4n) is 2.98. The Morgan fingerprint density at radius 2 is 2.09 bits per heavy atom. The number of benzene rings is 1. The van der Waals surface area contributed by atoms with Gasteiger partial charge in [0.2, 0.25) is 0 Å². The summed E-state index contributed by atoms with van der Waals surface area (Å²) in [6.07, 6.45) is 7.42. The lowest BCUT2D eigenvalue weighted by atomic mass is 9.77. The molecule has 1 aromatic rings. The van der Waals surface area contributed by atoms with Crippen LogP contribution in [0.25, 0.3) is 0 Å². The molecule has 1 fully saturated rings. The molecule has 4 heteroatoms. The molecule has 1 saturated heterocycles. The van der Waals surface area contributed by atoms with E-state index in [0.717, 1.165) is 11.1 Å². The van der Waals surface area contributed by atoms with E-state index in [9.17, 15) is 9.90 Å². The van der Waals surface area contributed by atoms with Crippen LogP contribution >= 0.6 is 0 Å². The van der Waals surface area contributed by atoms with Crippen molar-refractivity contribution in [3.05, 3.63) is 35.4 Å². The third-order valence-electron chi connectivity index (χ3n) is 4.60. The van der Waals surface area contributed by atoms with E-state index in [0.29, 0.717) is 38.9 Å². The Morgan fingerprint density at radius 1 is 1.39 bits per heavy atom. The Kier molecular flexibility index (Phi) is 5.46. The Balaban J connectivity index is 2.19. The van der Waals surface area contributed by atoms with Crippen molar-refractivity contribution in [2.75, 3.05) is 13.2 Å². The number of aliphatic carboxylic acids is 1. The predicted octanol–water partition coefficient (Wildman–Crippen LogP) is 3.27. The SMILES string of the molecule is C#CCCC1(CCC(C)(C(=O)O)c2cccc(C)c2)OCCO1. The molecule has 0 aromatic heterocycles. The molecule has 4 nitrogen and oxygen atoms in total. The summed E-state index contributed by atoms with van der Waals surface area (Å²) in [7, 11) is 0. The van der Waals surface area contributed by atoms with Crippen molar-refractivity contribution in [1.29, 1.82) is 0 Å². The number of aryl methyl sites for hydroxylation is 1. The fraction of sp³-hybridized carbons (Fsp3) is 0.526. The summed E-state index contributed by atoms with van der Waals surface area (Å²) in [4.78, 5) is 11.9. The molecule has 0 spiro atoms. The number of rotatable bonds is 7. The predicted molar refractivity (Wildman–Crippen MR) is 88.1 cm³/mol. The first kappa shape index (κ1) is 17.5. The van der Waals surface area contributed by atoms with Gasteiger partial charge in [-0.3, -0.25) is 4.79 Å².